The van der Waals surface area contributed by atoms with Crippen LogP contribution in [-0.4, -0.2) is 43.2 Å². The minimum Gasteiger partial charge on any atom is -0.463 e. The topological polar surface area (TPSA) is 62.9 Å². The van der Waals surface area contributed by atoms with Gasteiger partial charge in [0.2, 0.25) is 5.76 Å². The molecule has 18 heavy (non-hydrogen) atoms. The quantitative estimate of drug-likeness (QED) is 0.806. The molecule has 1 aromatic heterocycles. The summed E-state index contributed by atoms with van der Waals surface area (Å²) in [6.07, 6.45) is 2.16. The van der Waals surface area contributed by atoms with Crippen molar-refractivity contribution in [2.45, 2.75) is 24.9 Å². The third-order valence-corrected chi connectivity index (χ3v) is 3.49. The first-order valence-electron chi connectivity index (χ1n) is 6.15. The van der Waals surface area contributed by atoms with Crippen molar-refractivity contribution in [2.24, 2.45) is 0 Å². The van der Waals surface area contributed by atoms with Crippen LogP contribution < -0.4 is 0 Å². The van der Waals surface area contributed by atoms with E-state index in [9.17, 15) is 9.90 Å². The van der Waals surface area contributed by atoms with E-state index in [2.05, 4.69) is 9.64 Å². The Balaban J connectivity index is 2.18. The summed E-state index contributed by atoms with van der Waals surface area (Å²) in [5, 5.41) is 10.6. The van der Waals surface area contributed by atoms with E-state index >= 15 is 0 Å². The Bertz CT molecular complexity index is 428. The summed E-state index contributed by atoms with van der Waals surface area (Å²) in [5.74, 6) is 0.0762. The van der Waals surface area contributed by atoms with Crippen molar-refractivity contribution in [1.29, 1.82) is 0 Å². The van der Waals surface area contributed by atoms with Crippen molar-refractivity contribution in [3.05, 3.63) is 23.7 Å². The van der Waals surface area contributed by atoms with E-state index in [1.54, 1.807) is 12.1 Å². The monoisotopic (exact) mass is 253 g/mol. The van der Waals surface area contributed by atoms with Gasteiger partial charge in [0.1, 0.15) is 11.4 Å². The van der Waals surface area contributed by atoms with Crippen molar-refractivity contribution < 1.29 is 19.1 Å². The van der Waals surface area contributed by atoms with Crippen LogP contribution >= 0.6 is 0 Å². The van der Waals surface area contributed by atoms with Crippen molar-refractivity contribution in [3.8, 4) is 0 Å². The summed E-state index contributed by atoms with van der Waals surface area (Å²) in [7, 11) is 3.34. The zero-order valence-corrected chi connectivity index (χ0v) is 10.8. The number of furan rings is 1. The van der Waals surface area contributed by atoms with Gasteiger partial charge in [-0.25, -0.2) is 4.79 Å². The molecule has 1 atom stereocenters. The Morgan fingerprint density at radius 3 is 2.94 bits per heavy atom. The summed E-state index contributed by atoms with van der Waals surface area (Å²) in [6.45, 7) is 1.78. The zero-order chi connectivity index (χ0) is 13.2. The molecule has 1 N–H and O–H groups in total. The van der Waals surface area contributed by atoms with Gasteiger partial charge in [-0.05, 0) is 45.0 Å². The number of hydrogen-bond donors (Lipinski definition) is 1. The van der Waals surface area contributed by atoms with Crippen molar-refractivity contribution in [1.82, 2.24) is 4.90 Å². The maximum absolute atomic E-state index is 11.3. The van der Waals surface area contributed by atoms with Gasteiger partial charge in [0.25, 0.3) is 0 Å². The molecule has 5 nitrogen and oxygen atoms in total. The van der Waals surface area contributed by atoms with Crippen molar-refractivity contribution >= 4 is 5.97 Å². The zero-order valence-electron chi connectivity index (χ0n) is 10.8. The molecule has 1 aliphatic heterocycles. The summed E-state index contributed by atoms with van der Waals surface area (Å²) in [6, 6.07) is 3.21. The third-order valence-electron chi connectivity index (χ3n) is 3.49. The van der Waals surface area contributed by atoms with Gasteiger partial charge in [-0.3, -0.25) is 0 Å². The molecular weight excluding hydrogens is 234 g/mol. The lowest BCUT2D eigenvalue weighted by Gasteiger charge is -2.24. The van der Waals surface area contributed by atoms with Gasteiger partial charge in [-0.1, -0.05) is 0 Å². The van der Waals surface area contributed by atoms with Gasteiger partial charge >= 0.3 is 5.97 Å². The van der Waals surface area contributed by atoms with Crippen LogP contribution in [0.3, 0.4) is 0 Å². The average Bonchev–Trinajstić information content (AvgIpc) is 2.79. The lowest BCUT2D eigenvalue weighted by atomic mass is 9.92. The van der Waals surface area contributed by atoms with E-state index in [-0.39, 0.29) is 5.76 Å². The molecule has 0 saturated carbocycles. The average molecular weight is 253 g/mol. The van der Waals surface area contributed by atoms with Crippen LogP contribution in [0.1, 0.15) is 35.6 Å². The molecular formula is C13H19NO4. The Morgan fingerprint density at radius 1 is 1.44 bits per heavy atom. The van der Waals surface area contributed by atoms with Gasteiger partial charge in [-0.15, -0.1) is 0 Å². The number of rotatable bonds is 2. The minimum absolute atomic E-state index is 0.138. The normalized spacial score (nSPS) is 25.7. The summed E-state index contributed by atoms with van der Waals surface area (Å²) in [4.78, 5) is 13.5. The number of carbonyl (C=O) groups is 1. The molecule has 100 valence electrons. The molecule has 2 heterocycles. The molecule has 1 unspecified atom stereocenters. The summed E-state index contributed by atoms with van der Waals surface area (Å²) >= 11 is 0. The third kappa shape index (κ3) is 2.57. The molecule has 1 fully saturated rings. The highest BCUT2D eigenvalue weighted by atomic mass is 16.5. The lowest BCUT2D eigenvalue weighted by molar-refractivity contribution is -0.000609. The second-order valence-corrected chi connectivity index (χ2v) is 4.84. The number of methoxy groups -OCH3 is 1. The number of aliphatic hydroxyl groups is 1. The van der Waals surface area contributed by atoms with E-state index in [1.165, 1.54) is 7.11 Å². The number of likely N-dealkylation sites (tertiary alicyclic amines) is 1. The first kappa shape index (κ1) is 13.1. The molecule has 0 aliphatic carbocycles. The smallest absolute Gasteiger partial charge is 0.373 e. The predicted molar refractivity (Wildman–Crippen MR) is 65.3 cm³/mol. The van der Waals surface area contributed by atoms with E-state index in [0.29, 0.717) is 18.6 Å². The van der Waals surface area contributed by atoms with Gasteiger partial charge in [0.15, 0.2) is 0 Å². The van der Waals surface area contributed by atoms with Gasteiger partial charge in [0, 0.05) is 6.54 Å². The molecule has 1 aromatic rings. The van der Waals surface area contributed by atoms with Crippen LogP contribution in [0.5, 0.6) is 0 Å². The lowest BCUT2D eigenvalue weighted by Crippen LogP contribution is -2.27. The van der Waals surface area contributed by atoms with Crippen molar-refractivity contribution in [3.63, 3.8) is 0 Å². The van der Waals surface area contributed by atoms with Crippen LogP contribution in [-0.2, 0) is 10.3 Å². The highest BCUT2D eigenvalue weighted by molar-refractivity contribution is 5.86. The molecule has 0 aromatic carbocycles. The molecule has 0 amide bonds. The summed E-state index contributed by atoms with van der Waals surface area (Å²) in [5.41, 5.74) is -0.975. The molecule has 0 radical (unpaired) electrons. The fourth-order valence-corrected chi connectivity index (χ4v) is 2.30. The first-order chi connectivity index (χ1) is 8.55. The fourth-order valence-electron chi connectivity index (χ4n) is 2.30. The second kappa shape index (κ2) is 5.12. The number of hydrogen-bond acceptors (Lipinski definition) is 5. The van der Waals surface area contributed by atoms with Gasteiger partial charge < -0.3 is 19.2 Å². The Kier molecular flexibility index (Phi) is 3.73. The van der Waals surface area contributed by atoms with E-state index < -0.39 is 11.6 Å². The van der Waals surface area contributed by atoms with Crippen molar-refractivity contribution in [2.75, 3.05) is 27.2 Å². The molecule has 1 aliphatic rings. The largest absolute Gasteiger partial charge is 0.463 e. The van der Waals surface area contributed by atoms with Crippen LogP contribution in [0.4, 0.5) is 0 Å². The summed E-state index contributed by atoms with van der Waals surface area (Å²) < 4.78 is 10.0. The molecule has 1 saturated heterocycles. The Morgan fingerprint density at radius 2 is 2.22 bits per heavy atom. The molecule has 5 heteroatoms. The second-order valence-electron chi connectivity index (χ2n) is 4.84. The minimum atomic E-state index is -0.975. The standard InChI is InChI=1S/C13H19NO4/c1-14-8-3-6-13(16,7-9-14)11-5-4-10(18-11)12(15)17-2/h4-5,16H,3,6-9H2,1-2H3. The number of nitrogens with zero attached hydrogens (tertiary/aromatic N) is 1. The molecule has 0 bridgehead atoms. The maximum Gasteiger partial charge on any atom is 0.373 e. The fraction of sp³-hybridized carbons (Fsp3) is 0.615. The van der Waals surface area contributed by atoms with Gasteiger partial charge in [-0.2, -0.15) is 0 Å². The first-order valence-corrected chi connectivity index (χ1v) is 6.15. The Hall–Kier alpha value is -1.33. The van der Waals surface area contributed by atoms with Gasteiger partial charge in [0.05, 0.1) is 7.11 Å². The van der Waals surface area contributed by atoms with Crippen LogP contribution in [0, 0.1) is 0 Å². The van der Waals surface area contributed by atoms with E-state index in [1.807, 2.05) is 7.05 Å². The highest BCUT2D eigenvalue weighted by Crippen LogP contribution is 2.33. The number of carbonyl (C=O) groups excluding carboxylic acids is 1. The number of esters is 1. The maximum atomic E-state index is 11.3. The molecule has 2 rings (SSSR count). The highest BCUT2D eigenvalue weighted by Gasteiger charge is 2.34. The van der Waals surface area contributed by atoms with Crippen LogP contribution in [0.15, 0.2) is 16.5 Å². The van der Waals surface area contributed by atoms with Crippen LogP contribution in [0.25, 0.3) is 0 Å². The Labute approximate surface area is 106 Å². The van der Waals surface area contributed by atoms with E-state index in [4.69, 9.17) is 4.42 Å². The SMILES string of the molecule is COC(=O)c1ccc(C2(O)CCCN(C)CC2)o1. The number of ether oxygens (including phenoxy) is 1. The predicted octanol–water partition coefficient (Wildman–Crippen LogP) is 1.37. The molecule has 0 spiro atoms. The van der Waals surface area contributed by atoms with Crippen LogP contribution in [0.2, 0.25) is 0 Å². The van der Waals surface area contributed by atoms with E-state index in [0.717, 1.165) is 19.5 Å².